The first-order chi connectivity index (χ1) is 9.80. The molecule has 2 nitrogen and oxygen atoms in total. The highest BCUT2D eigenvalue weighted by molar-refractivity contribution is 5.70. The summed E-state index contributed by atoms with van der Waals surface area (Å²) < 4.78 is 5.42. The van der Waals surface area contributed by atoms with Crippen molar-refractivity contribution in [3.8, 4) is 16.9 Å². The fraction of sp³-hybridized carbons (Fsp3) is 0.333. The summed E-state index contributed by atoms with van der Waals surface area (Å²) in [6.45, 7) is 2.96. The molecule has 0 aliphatic carbocycles. The van der Waals surface area contributed by atoms with Crippen LogP contribution in [0.25, 0.3) is 11.1 Å². The van der Waals surface area contributed by atoms with Crippen LogP contribution in [-0.2, 0) is 0 Å². The summed E-state index contributed by atoms with van der Waals surface area (Å²) in [6, 6.07) is 16.9. The minimum absolute atomic E-state index is 0.562. The Labute approximate surface area is 121 Å². The highest BCUT2D eigenvalue weighted by Crippen LogP contribution is 2.31. The lowest BCUT2D eigenvalue weighted by Crippen LogP contribution is -2.06. The average molecular weight is 269 g/mol. The van der Waals surface area contributed by atoms with E-state index in [1.165, 1.54) is 11.1 Å². The summed E-state index contributed by atoms with van der Waals surface area (Å²) in [6.07, 6.45) is 2.18. The molecule has 2 aromatic carbocycles. The van der Waals surface area contributed by atoms with Gasteiger partial charge in [-0.05, 0) is 42.5 Å². The van der Waals surface area contributed by atoms with E-state index >= 15 is 0 Å². The highest BCUT2D eigenvalue weighted by atomic mass is 16.5. The second kappa shape index (κ2) is 7.11. The van der Waals surface area contributed by atoms with Gasteiger partial charge in [-0.25, -0.2) is 0 Å². The normalized spacial score (nSPS) is 12.2. The third-order valence-electron chi connectivity index (χ3n) is 3.81. The molecule has 0 bridgehead atoms. The molecule has 2 N–H and O–H groups in total. The van der Waals surface area contributed by atoms with Gasteiger partial charge in [-0.2, -0.15) is 0 Å². The third-order valence-corrected chi connectivity index (χ3v) is 3.81. The molecule has 1 atom stereocenters. The number of nitrogens with two attached hydrogens (primary N) is 1. The first-order valence-corrected chi connectivity index (χ1v) is 7.23. The largest absolute Gasteiger partial charge is 0.496 e. The lowest BCUT2D eigenvalue weighted by molar-refractivity contribution is 0.416. The standard InChI is InChI=1S/C18H23NO/c1-3-14(12-13-19)15-8-10-16(11-9-15)17-6-4-5-7-18(17)20-2/h4-11,14H,3,12-13,19H2,1-2H3. The van der Waals surface area contributed by atoms with Crippen molar-refractivity contribution in [2.75, 3.05) is 13.7 Å². The Morgan fingerprint density at radius 3 is 2.35 bits per heavy atom. The molecule has 0 radical (unpaired) electrons. The molecule has 0 aliphatic heterocycles. The van der Waals surface area contributed by atoms with E-state index in [1.807, 2.05) is 18.2 Å². The summed E-state index contributed by atoms with van der Waals surface area (Å²) in [5.41, 5.74) is 9.38. The maximum atomic E-state index is 5.68. The van der Waals surface area contributed by atoms with Crippen molar-refractivity contribution in [1.82, 2.24) is 0 Å². The van der Waals surface area contributed by atoms with Crippen LogP contribution >= 0.6 is 0 Å². The number of hydrogen-bond donors (Lipinski definition) is 1. The lowest BCUT2D eigenvalue weighted by atomic mass is 9.91. The molecule has 2 rings (SSSR count). The molecular weight excluding hydrogens is 246 g/mol. The monoisotopic (exact) mass is 269 g/mol. The number of rotatable bonds is 6. The van der Waals surface area contributed by atoms with E-state index in [0.717, 1.165) is 30.7 Å². The van der Waals surface area contributed by atoms with Crippen LogP contribution in [-0.4, -0.2) is 13.7 Å². The van der Waals surface area contributed by atoms with Gasteiger partial charge in [-0.3, -0.25) is 0 Å². The summed E-state index contributed by atoms with van der Waals surface area (Å²) in [4.78, 5) is 0. The Morgan fingerprint density at radius 1 is 1.05 bits per heavy atom. The smallest absolute Gasteiger partial charge is 0.126 e. The average Bonchev–Trinajstić information content (AvgIpc) is 2.53. The predicted octanol–water partition coefficient (Wildman–Crippen LogP) is 4.20. The van der Waals surface area contributed by atoms with Crippen molar-refractivity contribution in [3.63, 3.8) is 0 Å². The molecule has 106 valence electrons. The number of hydrogen-bond acceptors (Lipinski definition) is 2. The van der Waals surface area contributed by atoms with Gasteiger partial charge in [0.05, 0.1) is 7.11 Å². The van der Waals surface area contributed by atoms with Gasteiger partial charge >= 0.3 is 0 Å². The van der Waals surface area contributed by atoms with Crippen molar-refractivity contribution in [2.45, 2.75) is 25.7 Å². The quantitative estimate of drug-likeness (QED) is 0.852. The summed E-state index contributed by atoms with van der Waals surface area (Å²) in [5, 5.41) is 0. The van der Waals surface area contributed by atoms with Gasteiger partial charge in [0.25, 0.3) is 0 Å². The molecule has 0 spiro atoms. The fourth-order valence-corrected chi connectivity index (χ4v) is 2.63. The summed E-state index contributed by atoms with van der Waals surface area (Å²) in [7, 11) is 1.71. The van der Waals surface area contributed by atoms with E-state index in [-0.39, 0.29) is 0 Å². The second-order valence-electron chi connectivity index (χ2n) is 5.00. The lowest BCUT2D eigenvalue weighted by Gasteiger charge is -2.15. The second-order valence-corrected chi connectivity index (χ2v) is 5.00. The van der Waals surface area contributed by atoms with Crippen LogP contribution in [0.5, 0.6) is 5.75 Å². The summed E-state index contributed by atoms with van der Waals surface area (Å²) >= 11 is 0. The predicted molar refractivity (Wildman–Crippen MR) is 85.1 cm³/mol. The number of methoxy groups -OCH3 is 1. The molecule has 0 fully saturated rings. The fourth-order valence-electron chi connectivity index (χ4n) is 2.63. The molecule has 0 amide bonds. The zero-order chi connectivity index (χ0) is 14.4. The van der Waals surface area contributed by atoms with E-state index in [0.29, 0.717) is 5.92 Å². The molecule has 1 unspecified atom stereocenters. The van der Waals surface area contributed by atoms with Crippen LogP contribution in [0.15, 0.2) is 48.5 Å². The van der Waals surface area contributed by atoms with E-state index in [4.69, 9.17) is 10.5 Å². The number of ether oxygens (including phenoxy) is 1. The maximum Gasteiger partial charge on any atom is 0.126 e. The zero-order valence-corrected chi connectivity index (χ0v) is 12.3. The van der Waals surface area contributed by atoms with Crippen LogP contribution in [0, 0.1) is 0 Å². The van der Waals surface area contributed by atoms with Crippen molar-refractivity contribution >= 4 is 0 Å². The molecule has 0 saturated carbocycles. The van der Waals surface area contributed by atoms with Gasteiger partial charge in [0.1, 0.15) is 5.75 Å². The Hall–Kier alpha value is -1.80. The Kier molecular flexibility index (Phi) is 5.19. The van der Waals surface area contributed by atoms with Gasteiger partial charge in [0.2, 0.25) is 0 Å². The molecule has 2 aromatic rings. The van der Waals surface area contributed by atoms with Crippen LogP contribution in [0.4, 0.5) is 0 Å². The molecule has 0 heterocycles. The maximum absolute atomic E-state index is 5.68. The van der Waals surface area contributed by atoms with E-state index < -0.39 is 0 Å². The van der Waals surface area contributed by atoms with Gasteiger partial charge in [-0.15, -0.1) is 0 Å². The minimum Gasteiger partial charge on any atom is -0.496 e. The van der Waals surface area contributed by atoms with Gasteiger partial charge in [0, 0.05) is 5.56 Å². The Balaban J connectivity index is 2.27. The van der Waals surface area contributed by atoms with Gasteiger partial charge in [-0.1, -0.05) is 49.4 Å². The van der Waals surface area contributed by atoms with E-state index in [1.54, 1.807) is 7.11 Å². The zero-order valence-electron chi connectivity index (χ0n) is 12.3. The molecular formula is C18H23NO. The topological polar surface area (TPSA) is 35.2 Å². The van der Waals surface area contributed by atoms with Gasteiger partial charge < -0.3 is 10.5 Å². The third kappa shape index (κ3) is 3.20. The highest BCUT2D eigenvalue weighted by Gasteiger charge is 2.09. The summed E-state index contributed by atoms with van der Waals surface area (Å²) in [5.74, 6) is 1.47. The van der Waals surface area contributed by atoms with E-state index in [9.17, 15) is 0 Å². The number of benzene rings is 2. The Bertz CT molecular complexity index is 533. The first-order valence-electron chi connectivity index (χ1n) is 7.23. The SMILES string of the molecule is CCC(CCN)c1ccc(-c2ccccc2OC)cc1. The molecule has 0 aliphatic rings. The first kappa shape index (κ1) is 14.6. The van der Waals surface area contributed by atoms with Crippen LogP contribution < -0.4 is 10.5 Å². The van der Waals surface area contributed by atoms with Crippen LogP contribution in [0.3, 0.4) is 0 Å². The molecule has 20 heavy (non-hydrogen) atoms. The van der Waals surface area contributed by atoms with Crippen molar-refractivity contribution in [2.24, 2.45) is 5.73 Å². The molecule has 0 aromatic heterocycles. The Morgan fingerprint density at radius 2 is 1.75 bits per heavy atom. The van der Waals surface area contributed by atoms with Crippen molar-refractivity contribution in [3.05, 3.63) is 54.1 Å². The van der Waals surface area contributed by atoms with E-state index in [2.05, 4.69) is 37.3 Å². The van der Waals surface area contributed by atoms with Gasteiger partial charge in [0.15, 0.2) is 0 Å². The minimum atomic E-state index is 0.562. The van der Waals surface area contributed by atoms with Crippen LogP contribution in [0.1, 0.15) is 31.2 Å². The van der Waals surface area contributed by atoms with Crippen molar-refractivity contribution in [1.29, 1.82) is 0 Å². The van der Waals surface area contributed by atoms with Crippen molar-refractivity contribution < 1.29 is 4.74 Å². The van der Waals surface area contributed by atoms with Crippen LogP contribution in [0.2, 0.25) is 0 Å². The molecule has 2 heteroatoms. The number of para-hydroxylation sites is 1. The molecule has 0 saturated heterocycles.